The van der Waals surface area contributed by atoms with Gasteiger partial charge in [-0.25, -0.2) is 0 Å². The predicted octanol–water partition coefficient (Wildman–Crippen LogP) is 5.53. The van der Waals surface area contributed by atoms with Gasteiger partial charge in [0.05, 0.1) is 12.1 Å². The Labute approximate surface area is 228 Å². The van der Waals surface area contributed by atoms with Gasteiger partial charge in [0, 0.05) is 43.2 Å². The van der Waals surface area contributed by atoms with E-state index in [9.17, 15) is 9.59 Å². The molecule has 3 heterocycles. The van der Waals surface area contributed by atoms with E-state index in [2.05, 4.69) is 60.5 Å². The number of thiophene rings is 1. The molecule has 2 unspecified atom stereocenters. The maximum atomic E-state index is 13.8. The molecule has 6 heteroatoms. The van der Waals surface area contributed by atoms with Crippen molar-refractivity contribution in [2.45, 2.75) is 32.4 Å². The molecule has 0 aliphatic carbocycles. The van der Waals surface area contributed by atoms with Gasteiger partial charge in [-0.15, -0.1) is 11.3 Å². The Bertz CT molecular complexity index is 1490. The van der Waals surface area contributed by atoms with Crippen molar-refractivity contribution in [3.63, 3.8) is 0 Å². The number of amides is 2. The quantitative estimate of drug-likeness (QED) is 0.353. The van der Waals surface area contributed by atoms with Gasteiger partial charge < -0.3 is 9.80 Å². The van der Waals surface area contributed by atoms with Crippen LogP contribution in [0.4, 0.5) is 0 Å². The van der Waals surface area contributed by atoms with Crippen molar-refractivity contribution in [2.24, 2.45) is 0 Å². The molecule has 38 heavy (non-hydrogen) atoms. The van der Waals surface area contributed by atoms with Crippen LogP contribution in [0, 0.1) is 6.92 Å². The number of aryl methyl sites for hydroxylation is 1. The molecule has 1 aromatic heterocycles. The Morgan fingerprint density at radius 3 is 2.32 bits per heavy atom. The third-order valence-corrected chi connectivity index (χ3v) is 9.21. The average Bonchev–Trinajstić information content (AvgIpc) is 3.45. The number of carbonyl (C=O) groups is 2. The first-order valence-electron chi connectivity index (χ1n) is 13.5. The third kappa shape index (κ3) is 4.52. The summed E-state index contributed by atoms with van der Waals surface area (Å²) in [5.41, 5.74) is 4.57. The number of benzene rings is 3. The Balaban J connectivity index is 1.16. The van der Waals surface area contributed by atoms with E-state index in [1.165, 1.54) is 21.6 Å². The molecule has 0 N–H and O–H groups in total. The van der Waals surface area contributed by atoms with Gasteiger partial charge in [-0.1, -0.05) is 54.6 Å². The molecule has 6 rings (SSSR count). The first kappa shape index (κ1) is 24.8. The topological polar surface area (TPSA) is 43.9 Å². The van der Waals surface area contributed by atoms with Crippen LogP contribution in [0.15, 0.2) is 78.2 Å². The third-order valence-electron chi connectivity index (χ3n) is 8.22. The first-order valence-corrected chi connectivity index (χ1v) is 14.3. The van der Waals surface area contributed by atoms with Crippen molar-refractivity contribution < 1.29 is 9.59 Å². The van der Waals surface area contributed by atoms with Gasteiger partial charge in [0.1, 0.15) is 0 Å². The molecule has 0 radical (unpaired) electrons. The van der Waals surface area contributed by atoms with Crippen LogP contribution in [-0.2, 0) is 11.2 Å². The number of hydrogen-bond acceptors (Lipinski definition) is 4. The largest absolute Gasteiger partial charge is 0.338 e. The second-order valence-corrected chi connectivity index (χ2v) is 11.4. The van der Waals surface area contributed by atoms with E-state index in [1.54, 1.807) is 0 Å². The number of hydrogen-bond donors (Lipinski definition) is 0. The molecule has 194 valence electrons. The summed E-state index contributed by atoms with van der Waals surface area (Å²) >= 11 is 1.82. The Kier molecular flexibility index (Phi) is 6.76. The molecule has 0 bridgehead atoms. The average molecular weight is 524 g/mol. The maximum absolute atomic E-state index is 13.8. The minimum absolute atomic E-state index is 0.0385. The molecular weight excluding hydrogens is 490 g/mol. The van der Waals surface area contributed by atoms with E-state index < -0.39 is 0 Å². The van der Waals surface area contributed by atoms with Crippen LogP contribution in [0.3, 0.4) is 0 Å². The summed E-state index contributed by atoms with van der Waals surface area (Å²) in [7, 11) is 0. The lowest BCUT2D eigenvalue weighted by molar-refractivity contribution is -0.138. The van der Waals surface area contributed by atoms with Gasteiger partial charge in [-0.3, -0.25) is 14.5 Å². The number of nitrogens with zero attached hydrogens (tertiary/aromatic N) is 3. The Morgan fingerprint density at radius 2 is 1.53 bits per heavy atom. The normalized spacial score (nSPS) is 18.8. The molecule has 2 atom stereocenters. The highest BCUT2D eigenvalue weighted by Crippen LogP contribution is 2.40. The van der Waals surface area contributed by atoms with Gasteiger partial charge in [0.2, 0.25) is 5.91 Å². The van der Waals surface area contributed by atoms with Crippen molar-refractivity contribution in [1.29, 1.82) is 0 Å². The molecule has 0 saturated carbocycles. The second-order valence-electron chi connectivity index (χ2n) is 10.4. The molecule has 0 spiro atoms. The molecule has 2 aliphatic heterocycles. The Morgan fingerprint density at radius 1 is 0.816 bits per heavy atom. The van der Waals surface area contributed by atoms with Crippen LogP contribution in [-0.4, -0.2) is 65.3 Å². The number of fused-ring (bicyclic) bond motifs is 2. The minimum Gasteiger partial charge on any atom is -0.338 e. The fourth-order valence-corrected chi connectivity index (χ4v) is 6.94. The summed E-state index contributed by atoms with van der Waals surface area (Å²) in [5, 5.41) is 4.38. The van der Waals surface area contributed by atoms with Crippen LogP contribution in [0.5, 0.6) is 0 Å². The lowest BCUT2D eigenvalue weighted by Crippen LogP contribution is -2.56. The van der Waals surface area contributed by atoms with Gasteiger partial charge in [0.15, 0.2) is 0 Å². The SMILES string of the molecule is Cc1ccccc1C1c2ccsc2CCN1C(C)C(=O)N1CCN(C(=O)c2ccc3ccccc3c2)CC1. The predicted molar refractivity (Wildman–Crippen MR) is 154 cm³/mol. The van der Waals surface area contributed by atoms with Crippen molar-refractivity contribution in [3.8, 4) is 0 Å². The Hall–Kier alpha value is -3.48. The maximum Gasteiger partial charge on any atom is 0.253 e. The molecule has 5 nitrogen and oxygen atoms in total. The molecular formula is C32H33N3O2S. The highest BCUT2D eigenvalue weighted by Gasteiger charge is 2.38. The number of rotatable bonds is 4. The van der Waals surface area contributed by atoms with Crippen LogP contribution in [0.25, 0.3) is 10.8 Å². The van der Waals surface area contributed by atoms with Crippen LogP contribution >= 0.6 is 11.3 Å². The summed E-state index contributed by atoms with van der Waals surface area (Å²) in [4.78, 5) is 34.7. The lowest BCUT2D eigenvalue weighted by atomic mass is 9.89. The monoisotopic (exact) mass is 523 g/mol. The van der Waals surface area contributed by atoms with Crippen molar-refractivity contribution in [1.82, 2.24) is 14.7 Å². The first-order chi connectivity index (χ1) is 18.5. The van der Waals surface area contributed by atoms with E-state index in [0.717, 1.165) is 23.7 Å². The van der Waals surface area contributed by atoms with Crippen LogP contribution < -0.4 is 0 Å². The van der Waals surface area contributed by atoms with E-state index in [4.69, 9.17) is 0 Å². The number of carbonyl (C=O) groups excluding carboxylic acids is 2. The highest BCUT2D eigenvalue weighted by atomic mass is 32.1. The van der Waals surface area contributed by atoms with E-state index in [-0.39, 0.29) is 23.9 Å². The molecule has 2 aliphatic rings. The van der Waals surface area contributed by atoms with Crippen LogP contribution in [0.1, 0.15) is 44.9 Å². The molecule has 1 saturated heterocycles. The summed E-state index contributed by atoms with van der Waals surface area (Å²) < 4.78 is 0. The molecule has 4 aromatic rings. The zero-order valence-electron chi connectivity index (χ0n) is 22.0. The van der Waals surface area contributed by atoms with Gasteiger partial charge in [0.25, 0.3) is 5.91 Å². The van der Waals surface area contributed by atoms with E-state index >= 15 is 0 Å². The second kappa shape index (κ2) is 10.4. The lowest BCUT2D eigenvalue weighted by Gasteiger charge is -2.43. The summed E-state index contributed by atoms with van der Waals surface area (Å²) in [6, 6.07) is 24.6. The van der Waals surface area contributed by atoms with Crippen LogP contribution in [0.2, 0.25) is 0 Å². The summed E-state index contributed by atoms with van der Waals surface area (Å²) in [6.07, 6.45) is 0.973. The van der Waals surface area contributed by atoms with E-state index in [0.29, 0.717) is 31.7 Å². The fourth-order valence-electron chi connectivity index (χ4n) is 6.03. The van der Waals surface area contributed by atoms with Crippen molar-refractivity contribution in [3.05, 3.63) is 105 Å². The van der Waals surface area contributed by atoms with Crippen molar-refractivity contribution in [2.75, 3.05) is 32.7 Å². The van der Waals surface area contributed by atoms with Gasteiger partial charge in [-0.05, 0) is 71.3 Å². The summed E-state index contributed by atoms with van der Waals surface area (Å²) in [5.74, 6) is 0.191. The standard InChI is InChI=1S/C32H33N3O2S/c1-22-7-3-6-10-27(22)30-28-14-20-38-29(28)13-15-35(30)23(2)31(36)33-16-18-34(19-17-33)32(37)26-12-11-24-8-4-5-9-25(24)21-26/h3-12,14,20-21,23,30H,13,15-19H2,1-2H3. The molecule has 2 amide bonds. The van der Waals surface area contributed by atoms with Crippen molar-refractivity contribution >= 4 is 33.9 Å². The minimum atomic E-state index is -0.240. The smallest absolute Gasteiger partial charge is 0.253 e. The van der Waals surface area contributed by atoms with E-state index in [1.807, 2.05) is 57.5 Å². The van der Waals surface area contributed by atoms with Gasteiger partial charge in [-0.2, -0.15) is 0 Å². The zero-order chi connectivity index (χ0) is 26.2. The van der Waals surface area contributed by atoms with Gasteiger partial charge >= 0.3 is 0 Å². The molecule has 3 aromatic carbocycles. The molecule has 1 fully saturated rings. The number of piperazine rings is 1. The highest BCUT2D eigenvalue weighted by molar-refractivity contribution is 7.10. The zero-order valence-corrected chi connectivity index (χ0v) is 22.8. The fraction of sp³-hybridized carbons (Fsp3) is 0.312. The summed E-state index contributed by atoms with van der Waals surface area (Å²) in [6.45, 7) is 7.31.